The van der Waals surface area contributed by atoms with Crippen molar-refractivity contribution in [1.29, 1.82) is 0 Å². The maximum absolute atomic E-state index is 13.6. The lowest BCUT2D eigenvalue weighted by atomic mass is 10.1. The molecule has 0 aromatic heterocycles. The molecule has 1 amide bonds. The number of halogens is 4. The van der Waals surface area contributed by atoms with Crippen molar-refractivity contribution in [3.8, 4) is 0 Å². The zero-order valence-electron chi connectivity index (χ0n) is 12.3. The van der Waals surface area contributed by atoms with Crippen LogP contribution in [0.4, 0.5) is 4.39 Å². The average molecular weight is 435 g/mol. The van der Waals surface area contributed by atoms with Crippen molar-refractivity contribution in [2.75, 3.05) is 7.11 Å². The molecule has 0 bridgehead atoms. The van der Waals surface area contributed by atoms with Crippen LogP contribution in [0, 0.1) is 5.82 Å². The van der Waals surface area contributed by atoms with Gasteiger partial charge in [-0.15, -0.1) is 0 Å². The molecule has 126 valence electrons. The highest BCUT2D eigenvalue weighted by Crippen LogP contribution is 2.25. The van der Waals surface area contributed by atoms with Gasteiger partial charge >= 0.3 is 5.97 Å². The molecular weight excluding hydrogens is 424 g/mol. The summed E-state index contributed by atoms with van der Waals surface area (Å²) >= 11 is 14.8. The van der Waals surface area contributed by atoms with E-state index in [1.807, 2.05) is 0 Å². The molecule has 0 aliphatic rings. The fourth-order valence-electron chi connectivity index (χ4n) is 1.96. The second kappa shape index (κ2) is 7.96. The van der Waals surface area contributed by atoms with Crippen molar-refractivity contribution in [1.82, 2.24) is 5.32 Å². The van der Waals surface area contributed by atoms with Crippen LogP contribution in [-0.2, 0) is 9.53 Å². The van der Waals surface area contributed by atoms with Gasteiger partial charge in [0.2, 0.25) is 0 Å². The van der Waals surface area contributed by atoms with Gasteiger partial charge in [-0.25, -0.2) is 9.18 Å². The van der Waals surface area contributed by atoms with Crippen LogP contribution >= 0.6 is 39.1 Å². The van der Waals surface area contributed by atoms with Gasteiger partial charge in [-0.2, -0.15) is 0 Å². The zero-order chi connectivity index (χ0) is 17.9. The van der Waals surface area contributed by atoms with Gasteiger partial charge in [0.15, 0.2) is 6.04 Å². The van der Waals surface area contributed by atoms with Gasteiger partial charge in [0, 0.05) is 4.47 Å². The molecule has 2 aromatic carbocycles. The molecule has 1 unspecified atom stereocenters. The van der Waals surface area contributed by atoms with Gasteiger partial charge in [-0.3, -0.25) is 4.79 Å². The minimum absolute atomic E-state index is 0.0293. The second-order valence-electron chi connectivity index (χ2n) is 4.73. The lowest BCUT2D eigenvalue weighted by Gasteiger charge is -2.17. The lowest BCUT2D eigenvalue weighted by molar-refractivity contribution is -0.143. The highest BCUT2D eigenvalue weighted by atomic mass is 79.9. The van der Waals surface area contributed by atoms with Crippen LogP contribution in [0.1, 0.15) is 22.0 Å². The molecule has 1 atom stereocenters. The Kier molecular flexibility index (Phi) is 6.21. The molecule has 0 fully saturated rings. The van der Waals surface area contributed by atoms with E-state index in [1.165, 1.54) is 7.11 Å². The molecule has 0 radical (unpaired) electrons. The predicted octanol–water partition coefficient (Wildman–Crippen LogP) is 4.54. The Balaban J connectivity index is 2.33. The first-order valence-corrected chi connectivity index (χ1v) is 8.17. The van der Waals surface area contributed by atoms with Crippen LogP contribution < -0.4 is 5.32 Å². The third-order valence-electron chi connectivity index (χ3n) is 3.17. The second-order valence-corrected chi connectivity index (χ2v) is 6.46. The molecule has 2 rings (SSSR count). The molecular formula is C16H11BrCl2FNO3. The molecule has 0 spiro atoms. The van der Waals surface area contributed by atoms with E-state index in [1.54, 1.807) is 24.3 Å². The summed E-state index contributed by atoms with van der Waals surface area (Å²) < 4.78 is 19.1. The summed E-state index contributed by atoms with van der Waals surface area (Å²) in [6.45, 7) is 0. The number of esters is 1. The summed E-state index contributed by atoms with van der Waals surface area (Å²) in [5.74, 6) is -2.19. The van der Waals surface area contributed by atoms with Crippen molar-refractivity contribution in [3.05, 3.63) is 67.9 Å². The Morgan fingerprint density at radius 1 is 1.17 bits per heavy atom. The number of hydrogen-bond donors (Lipinski definition) is 1. The molecule has 1 N–H and O–H groups in total. The van der Waals surface area contributed by atoms with Gasteiger partial charge in [0.05, 0.1) is 22.7 Å². The monoisotopic (exact) mass is 433 g/mol. The van der Waals surface area contributed by atoms with E-state index in [-0.39, 0.29) is 15.6 Å². The minimum atomic E-state index is -1.06. The summed E-state index contributed by atoms with van der Waals surface area (Å²) in [5, 5.41) is 2.25. The number of carbonyl (C=O) groups excluding carboxylic acids is 2. The molecule has 0 saturated carbocycles. The summed E-state index contributed by atoms with van der Waals surface area (Å²) in [5.41, 5.74) is 0.369. The van der Waals surface area contributed by atoms with E-state index < -0.39 is 23.7 Å². The van der Waals surface area contributed by atoms with Crippen LogP contribution in [0.2, 0.25) is 10.0 Å². The molecule has 0 aliphatic carbocycles. The third-order valence-corrected chi connectivity index (χ3v) is 4.30. The maximum Gasteiger partial charge on any atom is 0.333 e. The van der Waals surface area contributed by atoms with Crippen molar-refractivity contribution >= 4 is 51.0 Å². The quantitative estimate of drug-likeness (QED) is 0.567. The number of ether oxygens (including phenoxy) is 1. The standard InChI is InChI=1S/C16H11BrCl2FNO3/c1-24-16(23)14(8-2-4-9(17)5-3-8)21-15(22)10-6-13(20)12(19)7-11(10)18/h2-7,14H,1H3,(H,21,22). The molecule has 8 heteroatoms. The molecule has 0 aliphatic heterocycles. The number of carbonyl (C=O) groups is 2. The van der Waals surface area contributed by atoms with Crippen molar-refractivity contribution in [2.45, 2.75) is 6.04 Å². The SMILES string of the molecule is COC(=O)C(NC(=O)c1cc(F)c(Cl)cc1Cl)c1ccc(Br)cc1. The van der Waals surface area contributed by atoms with Crippen LogP contribution in [0.3, 0.4) is 0 Å². The number of amides is 1. The highest BCUT2D eigenvalue weighted by molar-refractivity contribution is 9.10. The van der Waals surface area contributed by atoms with Crippen molar-refractivity contribution < 1.29 is 18.7 Å². The number of hydrogen-bond acceptors (Lipinski definition) is 3. The minimum Gasteiger partial charge on any atom is -0.467 e. The maximum atomic E-state index is 13.6. The van der Waals surface area contributed by atoms with Crippen LogP contribution in [0.15, 0.2) is 40.9 Å². The van der Waals surface area contributed by atoms with Gasteiger partial charge < -0.3 is 10.1 Å². The van der Waals surface area contributed by atoms with E-state index in [0.717, 1.165) is 16.6 Å². The number of methoxy groups -OCH3 is 1. The zero-order valence-corrected chi connectivity index (χ0v) is 15.4. The summed E-state index contributed by atoms with van der Waals surface area (Å²) in [4.78, 5) is 24.4. The van der Waals surface area contributed by atoms with E-state index in [4.69, 9.17) is 27.9 Å². The number of rotatable bonds is 4. The summed E-state index contributed by atoms with van der Waals surface area (Å²) in [6, 6.07) is 7.70. The highest BCUT2D eigenvalue weighted by Gasteiger charge is 2.25. The van der Waals surface area contributed by atoms with E-state index in [0.29, 0.717) is 5.56 Å². The first-order valence-electron chi connectivity index (χ1n) is 6.62. The molecule has 0 heterocycles. The summed E-state index contributed by atoms with van der Waals surface area (Å²) in [6.07, 6.45) is 0. The number of nitrogens with one attached hydrogen (secondary N) is 1. The fraction of sp³-hybridized carbons (Fsp3) is 0.125. The predicted molar refractivity (Wildman–Crippen MR) is 92.8 cm³/mol. The topological polar surface area (TPSA) is 55.4 Å². The molecule has 4 nitrogen and oxygen atoms in total. The fourth-order valence-corrected chi connectivity index (χ4v) is 2.69. The van der Waals surface area contributed by atoms with Crippen molar-refractivity contribution in [2.24, 2.45) is 0 Å². The van der Waals surface area contributed by atoms with Gasteiger partial charge in [-0.1, -0.05) is 51.3 Å². The normalized spacial score (nSPS) is 11.7. The van der Waals surface area contributed by atoms with Crippen LogP contribution in [0.25, 0.3) is 0 Å². The van der Waals surface area contributed by atoms with Gasteiger partial charge in [0.1, 0.15) is 5.82 Å². The van der Waals surface area contributed by atoms with Gasteiger partial charge in [-0.05, 0) is 29.8 Å². The van der Waals surface area contributed by atoms with E-state index >= 15 is 0 Å². The number of benzene rings is 2. The Hall–Kier alpha value is -1.63. The lowest BCUT2D eigenvalue weighted by Crippen LogP contribution is -2.34. The Labute approximate surface area is 156 Å². The molecule has 2 aromatic rings. The Morgan fingerprint density at radius 2 is 1.79 bits per heavy atom. The van der Waals surface area contributed by atoms with Crippen molar-refractivity contribution in [3.63, 3.8) is 0 Å². The molecule has 0 saturated heterocycles. The summed E-state index contributed by atoms with van der Waals surface area (Å²) in [7, 11) is 1.20. The Morgan fingerprint density at radius 3 is 2.38 bits per heavy atom. The van der Waals surface area contributed by atoms with Crippen LogP contribution in [-0.4, -0.2) is 19.0 Å². The van der Waals surface area contributed by atoms with E-state index in [2.05, 4.69) is 21.2 Å². The Bertz CT molecular complexity index is 784. The first-order chi connectivity index (χ1) is 11.3. The first kappa shape index (κ1) is 18.7. The average Bonchev–Trinajstić information content (AvgIpc) is 2.56. The smallest absolute Gasteiger partial charge is 0.333 e. The van der Waals surface area contributed by atoms with Crippen LogP contribution in [0.5, 0.6) is 0 Å². The largest absolute Gasteiger partial charge is 0.467 e. The van der Waals surface area contributed by atoms with E-state index in [9.17, 15) is 14.0 Å². The molecule has 24 heavy (non-hydrogen) atoms. The third kappa shape index (κ3) is 4.26. The van der Waals surface area contributed by atoms with Gasteiger partial charge in [0.25, 0.3) is 5.91 Å².